The second kappa shape index (κ2) is 7.08. The Morgan fingerprint density at radius 3 is 2.57 bits per heavy atom. The maximum atomic E-state index is 11.6. The average Bonchev–Trinajstić information content (AvgIpc) is 3.06. The first-order valence-corrected chi connectivity index (χ1v) is 7.11. The van der Waals surface area contributed by atoms with Crippen molar-refractivity contribution in [2.45, 2.75) is 33.1 Å². The third kappa shape index (κ3) is 3.77. The number of carbonyl (C=O) groups is 2. The van der Waals surface area contributed by atoms with Gasteiger partial charge in [-0.2, -0.15) is 0 Å². The van der Waals surface area contributed by atoms with Crippen LogP contribution in [0.1, 0.15) is 29.5 Å². The fourth-order valence-corrected chi connectivity index (χ4v) is 2.27. The molecule has 0 aliphatic heterocycles. The predicted octanol–water partition coefficient (Wildman–Crippen LogP) is 0.834. The average molecular weight is 319 g/mol. The number of aromatic nitrogens is 4. The highest BCUT2D eigenvalue weighted by Crippen LogP contribution is 2.19. The predicted molar refractivity (Wildman–Crippen MR) is 80.1 cm³/mol. The molecule has 0 spiro atoms. The molecule has 0 saturated heterocycles. The maximum Gasteiger partial charge on any atom is 0.311 e. The molecule has 0 atom stereocenters. The van der Waals surface area contributed by atoms with Gasteiger partial charge < -0.3 is 14.5 Å². The van der Waals surface area contributed by atoms with Crippen molar-refractivity contribution in [1.29, 1.82) is 0 Å². The van der Waals surface area contributed by atoms with Gasteiger partial charge in [0.25, 0.3) is 0 Å². The Kier molecular flexibility index (Phi) is 5.15. The van der Waals surface area contributed by atoms with Crippen LogP contribution in [-0.2, 0) is 31.9 Å². The molecule has 2 aromatic heterocycles. The summed E-state index contributed by atoms with van der Waals surface area (Å²) in [5.41, 5.74) is 1.33. The van der Waals surface area contributed by atoms with Crippen LogP contribution in [0.2, 0.25) is 0 Å². The van der Waals surface area contributed by atoms with Crippen molar-refractivity contribution in [2.75, 3.05) is 14.2 Å². The second-order valence-corrected chi connectivity index (χ2v) is 5.01. The van der Waals surface area contributed by atoms with Gasteiger partial charge in [0.15, 0.2) is 5.82 Å². The Bertz CT molecular complexity index is 717. The summed E-state index contributed by atoms with van der Waals surface area (Å²) in [4.78, 5) is 34.6. The summed E-state index contributed by atoms with van der Waals surface area (Å²) in [7, 11) is 2.68. The molecule has 2 rings (SSSR count). The van der Waals surface area contributed by atoms with E-state index in [2.05, 4.69) is 25.9 Å². The minimum atomic E-state index is -0.368. The molecule has 0 aliphatic carbocycles. The molecule has 8 nitrogen and oxygen atoms in total. The number of carbonyl (C=O) groups excluding carboxylic acids is 2. The van der Waals surface area contributed by atoms with Gasteiger partial charge in [-0.15, -0.1) is 0 Å². The van der Waals surface area contributed by atoms with Crippen LogP contribution >= 0.6 is 0 Å². The molecule has 1 radical (unpaired) electrons. The van der Waals surface area contributed by atoms with Crippen LogP contribution in [0.5, 0.6) is 0 Å². The molecule has 0 aromatic carbocycles. The summed E-state index contributed by atoms with van der Waals surface area (Å²) < 4.78 is 11.1. The van der Waals surface area contributed by atoms with Gasteiger partial charge in [0.2, 0.25) is 0 Å². The number of esters is 2. The monoisotopic (exact) mass is 319 g/mol. The largest absolute Gasteiger partial charge is 0.469 e. The number of rotatable bonds is 6. The van der Waals surface area contributed by atoms with Crippen LogP contribution < -0.4 is 0 Å². The summed E-state index contributed by atoms with van der Waals surface area (Å²) in [6.45, 7) is 3.61. The number of H-pyrrole nitrogens is 1. The van der Waals surface area contributed by atoms with E-state index in [-0.39, 0.29) is 24.8 Å². The molecule has 0 fully saturated rings. The van der Waals surface area contributed by atoms with Crippen molar-refractivity contribution < 1.29 is 19.1 Å². The highest BCUT2D eigenvalue weighted by atomic mass is 16.5. The van der Waals surface area contributed by atoms with E-state index in [1.807, 2.05) is 6.92 Å². The van der Waals surface area contributed by atoms with E-state index in [9.17, 15) is 9.59 Å². The molecule has 23 heavy (non-hydrogen) atoms. The van der Waals surface area contributed by atoms with Crippen LogP contribution in [0.25, 0.3) is 5.82 Å². The SMILES string of the molecule is COC(=O)CCc1[c]nc(C)n1-c1nc(C)[nH]c1CC(=O)OC. The van der Waals surface area contributed by atoms with Crippen molar-refractivity contribution in [3.63, 3.8) is 0 Å². The number of hydrogen-bond donors (Lipinski definition) is 1. The lowest BCUT2D eigenvalue weighted by Crippen LogP contribution is -2.11. The number of imidazole rings is 2. The van der Waals surface area contributed by atoms with Gasteiger partial charge >= 0.3 is 11.9 Å². The number of aryl methyl sites for hydroxylation is 3. The van der Waals surface area contributed by atoms with Gasteiger partial charge in [-0.3, -0.25) is 14.2 Å². The van der Waals surface area contributed by atoms with Gasteiger partial charge in [0, 0.05) is 6.42 Å². The van der Waals surface area contributed by atoms with Crippen LogP contribution in [0.3, 0.4) is 0 Å². The maximum absolute atomic E-state index is 11.6. The Labute approximate surface area is 133 Å². The smallest absolute Gasteiger partial charge is 0.311 e. The zero-order chi connectivity index (χ0) is 17.0. The molecular formula is C15H19N4O4. The standard InChI is InChI=1S/C15H19N4O4/c1-9-17-12(7-14(21)23-4)15(18-9)19-10(2)16-8-11(19)5-6-13(20)22-3/h5-7H2,1-4H3,(H,17,18). The van der Waals surface area contributed by atoms with Crippen molar-refractivity contribution in [3.8, 4) is 5.82 Å². The molecule has 2 aromatic rings. The Balaban J connectivity index is 2.36. The van der Waals surface area contributed by atoms with E-state index < -0.39 is 0 Å². The zero-order valence-corrected chi connectivity index (χ0v) is 13.6. The Hall–Kier alpha value is -2.64. The first-order valence-electron chi connectivity index (χ1n) is 7.11. The molecule has 1 N–H and O–H groups in total. The van der Waals surface area contributed by atoms with E-state index >= 15 is 0 Å². The van der Waals surface area contributed by atoms with Crippen molar-refractivity contribution in [3.05, 3.63) is 29.2 Å². The fourth-order valence-electron chi connectivity index (χ4n) is 2.27. The Morgan fingerprint density at radius 2 is 1.91 bits per heavy atom. The van der Waals surface area contributed by atoms with Crippen LogP contribution in [0, 0.1) is 20.0 Å². The van der Waals surface area contributed by atoms with Crippen LogP contribution in [0.4, 0.5) is 0 Å². The molecule has 0 amide bonds. The lowest BCUT2D eigenvalue weighted by molar-refractivity contribution is -0.141. The summed E-state index contributed by atoms with van der Waals surface area (Å²) >= 11 is 0. The van der Waals surface area contributed by atoms with Crippen LogP contribution in [-0.4, -0.2) is 45.7 Å². The third-order valence-electron chi connectivity index (χ3n) is 3.37. The van der Waals surface area contributed by atoms with Crippen molar-refractivity contribution >= 4 is 11.9 Å². The van der Waals surface area contributed by atoms with Crippen molar-refractivity contribution in [1.82, 2.24) is 19.5 Å². The minimum Gasteiger partial charge on any atom is -0.469 e. The molecule has 0 unspecified atom stereocenters. The number of ether oxygens (including phenoxy) is 2. The first-order chi connectivity index (χ1) is 11.0. The zero-order valence-electron chi connectivity index (χ0n) is 13.6. The number of methoxy groups -OCH3 is 2. The number of hydrogen-bond acceptors (Lipinski definition) is 6. The lowest BCUT2D eigenvalue weighted by Gasteiger charge is -2.09. The molecule has 0 aliphatic rings. The van der Waals surface area contributed by atoms with Gasteiger partial charge in [-0.25, -0.2) is 9.97 Å². The fraction of sp³-hybridized carbons (Fsp3) is 0.467. The highest BCUT2D eigenvalue weighted by Gasteiger charge is 2.19. The van der Waals surface area contributed by atoms with E-state index in [1.165, 1.54) is 14.2 Å². The van der Waals surface area contributed by atoms with E-state index in [0.717, 1.165) is 0 Å². The molecular weight excluding hydrogens is 300 g/mol. The molecule has 8 heteroatoms. The van der Waals surface area contributed by atoms with Gasteiger partial charge in [-0.05, 0) is 13.8 Å². The van der Waals surface area contributed by atoms with Crippen LogP contribution in [0.15, 0.2) is 0 Å². The van der Waals surface area contributed by atoms with E-state index in [4.69, 9.17) is 4.74 Å². The summed E-state index contributed by atoms with van der Waals surface area (Å²) in [6, 6.07) is 0. The van der Waals surface area contributed by atoms with Gasteiger partial charge in [0.05, 0.1) is 38.4 Å². The lowest BCUT2D eigenvalue weighted by atomic mass is 10.2. The van der Waals surface area contributed by atoms with Crippen molar-refractivity contribution in [2.24, 2.45) is 0 Å². The van der Waals surface area contributed by atoms with E-state index in [0.29, 0.717) is 35.3 Å². The molecule has 2 heterocycles. The van der Waals surface area contributed by atoms with E-state index in [1.54, 1.807) is 11.5 Å². The number of aromatic amines is 1. The highest BCUT2D eigenvalue weighted by molar-refractivity contribution is 5.73. The van der Waals surface area contributed by atoms with Gasteiger partial charge in [0.1, 0.15) is 17.8 Å². The molecule has 0 bridgehead atoms. The second-order valence-electron chi connectivity index (χ2n) is 5.01. The first kappa shape index (κ1) is 16.7. The normalized spacial score (nSPS) is 10.6. The quantitative estimate of drug-likeness (QED) is 0.792. The summed E-state index contributed by atoms with van der Waals surface area (Å²) in [6.07, 6.45) is 3.59. The molecule has 0 saturated carbocycles. The number of nitrogens with one attached hydrogen (secondary N) is 1. The van der Waals surface area contributed by atoms with Gasteiger partial charge in [-0.1, -0.05) is 0 Å². The topological polar surface area (TPSA) is 99.1 Å². The third-order valence-corrected chi connectivity index (χ3v) is 3.37. The number of nitrogens with zero attached hydrogens (tertiary/aromatic N) is 3. The summed E-state index contributed by atoms with van der Waals surface area (Å²) in [5, 5.41) is 0. The minimum absolute atomic E-state index is 0.0702. The molecule has 123 valence electrons. The summed E-state index contributed by atoms with van der Waals surface area (Å²) in [5.74, 6) is 1.23. The Morgan fingerprint density at radius 1 is 1.22 bits per heavy atom.